The van der Waals surface area contributed by atoms with Gasteiger partial charge < -0.3 is 19.1 Å². The highest BCUT2D eigenvalue weighted by molar-refractivity contribution is 5.90. The third kappa shape index (κ3) is 5.99. The molecule has 1 heterocycles. The number of nitrogens with zero attached hydrogens (tertiary/aromatic N) is 1. The molecule has 0 N–H and O–H groups in total. The molecular formula is C21H27NO4. The van der Waals surface area contributed by atoms with Gasteiger partial charge in [-0.25, -0.2) is 0 Å². The van der Waals surface area contributed by atoms with Crippen LogP contribution in [0.25, 0.3) is 0 Å². The van der Waals surface area contributed by atoms with Gasteiger partial charge in [0, 0.05) is 58.4 Å². The maximum Gasteiger partial charge on any atom is 0.223 e. The molecule has 1 aliphatic heterocycles. The highest BCUT2D eigenvalue weighted by atomic mass is 16.5. The fourth-order valence-electron chi connectivity index (χ4n) is 2.68. The Balaban J connectivity index is 1.75. The van der Waals surface area contributed by atoms with Crippen molar-refractivity contribution in [2.24, 2.45) is 0 Å². The van der Waals surface area contributed by atoms with E-state index in [4.69, 9.17) is 14.2 Å². The van der Waals surface area contributed by atoms with Crippen LogP contribution in [0.1, 0.15) is 25.3 Å². The lowest BCUT2D eigenvalue weighted by atomic mass is 9.93. The van der Waals surface area contributed by atoms with Crippen molar-refractivity contribution in [1.82, 2.24) is 0 Å². The van der Waals surface area contributed by atoms with E-state index in [0.29, 0.717) is 13.2 Å². The Morgan fingerprint density at radius 1 is 1.31 bits per heavy atom. The normalized spacial score (nSPS) is 16.1. The second-order valence-corrected chi connectivity index (χ2v) is 6.23. The molecule has 0 unspecified atom stereocenters. The SMILES string of the molecule is COC1(/C=C/COCC#Cc2ccc(N(C)C(C)=O)cc2)CCOCC1. The van der Waals surface area contributed by atoms with Gasteiger partial charge in [-0.05, 0) is 24.3 Å². The summed E-state index contributed by atoms with van der Waals surface area (Å²) in [5.41, 5.74) is 1.53. The highest BCUT2D eigenvalue weighted by Gasteiger charge is 2.29. The van der Waals surface area contributed by atoms with Crippen LogP contribution in [-0.2, 0) is 19.0 Å². The number of ether oxygens (including phenoxy) is 3. The first-order valence-corrected chi connectivity index (χ1v) is 8.78. The van der Waals surface area contributed by atoms with E-state index in [1.165, 1.54) is 6.92 Å². The predicted octanol–water partition coefficient (Wildman–Crippen LogP) is 2.79. The van der Waals surface area contributed by atoms with E-state index in [0.717, 1.165) is 37.3 Å². The summed E-state index contributed by atoms with van der Waals surface area (Å²) in [5, 5.41) is 0. The first kappa shape index (κ1) is 20.2. The van der Waals surface area contributed by atoms with Crippen LogP contribution in [0.2, 0.25) is 0 Å². The molecule has 1 aromatic carbocycles. The van der Waals surface area contributed by atoms with Crippen LogP contribution < -0.4 is 4.90 Å². The summed E-state index contributed by atoms with van der Waals surface area (Å²) in [6.07, 6.45) is 5.80. The number of anilines is 1. The standard InChI is InChI=1S/C21H27NO4/c1-18(23)22(2)20-9-7-19(8-10-20)6-4-14-25-15-5-11-21(24-3)12-16-26-17-13-21/h5,7-11H,12-17H2,1-3H3/b11-5+. The van der Waals surface area contributed by atoms with E-state index in [1.54, 1.807) is 19.1 Å². The Morgan fingerprint density at radius 2 is 2.00 bits per heavy atom. The lowest BCUT2D eigenvalue weighted by Gasteiger charge is -2.33. The van der Waals surface area contributed by atoms with Gasteiger partial charge in [-0.1, -0.05) is 24.0 Å². The van der Waals surface area contributed by atoms with Crippen molar-refractivity contribution in [2.45, 2.75) is 25.4 Å². The minimum Gasteiger partial charge on any atom is -0.381 e. The molecular weight excluding hydrogens is 330 g/mol. The first-order valence-electron chi connectivity index (χ1n) is 8.78. The van der Waals surface area contributed by atoms with Crippen molar-refractivity contribution in [3.63, 3.8) is 0 Å². The molecule has 140 valence electrons. The molecule has 0 bridgehead atoms. The number of hydrogen-bond donors (Lipinski definition) is 0. The van der Waals surface area contributed by atoms with Crippen LogP contribution >= 0.6 is 0 Å². The van der Waals surface area contributed by atoms with Crippen LogP contribution in [0.3, 0.4) is 0 Å². The van der Waals surface area contributed by atoms with Gasteiger partial charge in [-0.3, -0.25) is 4.79 Å². The number of methoxy groups -OCH3 is 1. The Kier molecular flexibility index (Phi) is 7.86. The van der Waals surface area contributed by atoms with Gasteiger partial charge in [0.1, 0.15) is 6.61 Å². The van der Waals surface area contributed by atoms with E-state index in [-0.39, 0.29) is 11.5 Å². The lowest BCUT2D eigenvalue weighted by Crippen LogP contribution is -2.36. The smallest absolute Gasteiger partial charge is 0.223 e. The van der Waals surface area contributed by atoms with Crippen molar-refractivity contribution in [2.75, 3.05) is 45.5 Å². The molecule has 0 saturated carbocycles. The summed E-state index contributed by atoms with van der Waals surface area (Å²) in [4.78, 5) is 12.9. The lowest BCUT2D eigenvalue weighted by molar-refractivity contribution is -0.116. The molecule has 1 fully saturated rings. The molecule has 0 spiro atoms. The third-order valence-corrected chi connectivity index (χ3v) is 4.52. The minimum absolute atomic E-state index is 0.00120. The topological polar surface area (TPSA) is 48.0 Å². The van der Waals surface area contributed by atoms with Gasteiger partial charge in [0.05, 0.1) is 12.2 Å². The molecule has 0 radical (unpaired) electrons. The highest BCUT2D eigenvalue weighted by Crippen LogP contribution is 2.25. The van der Waals surface area contributed by atoms with Gasteiger partial charge in [0.25, 0.3) is 0 Å². The zero-order valence-corrected chi connectivity index (χ0v) is 15.8. The summed E-state index contributed by atoms with van der Waals surface area (Å²) >= 11 is 0. The van der Waals surface area contributed by atoms with Gasteiger partial charge in [-0.15, -0.1) is 0 Å². The average Bonchev–Trinajstić information content (AvgIpc) is 2.68. The van der Waals surface area contributed by atoms with E-state index >= 15 is 0 Å². The Bertz CT molecular complexity index is 663. The van der Waals surface area contributed by atoms with Crippen molar-refractivity contribution in [3.05, 3.63) is 42.0 Å². The fraction of sp³-hybridized carbons (Fsp3) is 0.476. The quantitative estimate of drug-likeness (QED) is 0.446. The number of amides is 1. The van der Waals surface area contributed by atoms with E-state index in [2.05, 4.69) is 17.9 Å². The molecule has 0 aromatic heterocycles. The maximum atomic E-state index is 11.3. The number of carbonyl (C=O) groups excluding carboxylic acids is 1. The third-order valence-electron chi connectivity index (χ3n) is 4.52. The van der Waals surface area contributed by atoms with Gasteiger partial charge in [0.2, 0.25) is 5.91 Å². The zero-order chi connectivity index (χ0) is 18.8. The largest absolute Gasteiger partial charge is 0.381 e. The number of carbonyl (C=O) groups is 1. The van der Waals surface area contributed by atoms with Crippen LogP contribution in [0.5, 0.6) is 0 Å². The summed E-state index contributed by atoms with van der Waals surface area (Å²) in [6, 6.07) is 7.56. The number of rotatable bonds is 6. The van der Waals surface area contributed by atoms with Gasteiger partial charge >= 0.3 is 0 Å². The van der Waals surface area contributed by atoms with E-state index < -0.39 is 0 Å². The van der Waals surface area contributed by atoms with Gasteiger partial charge in [0.15, 0.2) is 0 Å². The van der Waals surface area contributed by atoms with Crippen LogP contribution in [0.15, 0.2) is 36.4 Å². The van der Waals surface area contributed by atoms with Crippen LogP contribution in [0.4, 0.5) is 5.69 Å². The maximum absolute atomic E-state index is 11.3. The number of hydrogen-bond acceptors (Lipinski definition) is 4. The molecule has 0 aliphatic carbocycles. The zero-order valence-electron chi connectivity index (χ0n) is 15.8. The molecule has 0 atom stereocenters. The van der Waals surface area contributed by atoms with Crippen molar-refractivity contribution in [1.29, 1.82) is 0 Å². The predicted molar refractivity (Wildman–Crippen MR) is 102 cm³/mol. The molecule has 1 amide bonds. The molecule has 26 heavy (non-hydrogen) atoms. The first-order chi connectivity index (χ1) is 12.6. The summed E-state index contributed by atoms with van der Waals surface area (Å²) in [7, 11) is 3.49. The summed E-state index contributed by atoms with van der Waals surface area (Å²) in [5.74, 6) is 6.05. The monoisotopic (exact) mass is 357 g/mol. The second-order valence-electron chi connectivity index (χ2n) is 6.23. The molecule has 1 saturated heterocycles. The van der Waals surface area contributed by atoms with Crippen molar-refractivity contribution in [3.8, 4) is 11.8 Å². The Morgan fingerprint density at radius 3 is 2.62 bits per heavy atom. The van der Waals surface area contributed by atoms with Crippen LogP contribution in [-0.4, -0.2) is 52.1 Å². The summed E-state index contributed by atoms with van der Waals surface area (Å²) < 4.78 is 16.5. The van der Waals surface area contributed by atoms with Crippen molar-refractivity contribution < 1.29 is 19.0 Å². The molecule has 2 rings (SSSR count). The average molecular weight is 357 g/mol. The summed E-state index contributed by atoms with van der Waals surface area (Å²) in [6.45, 7) is 3.86. The molecule has 5 heteroatoms. The molecule has 5 nitrogen and oxygen atoms in total. The second kappa shape index (κ2) is 10.1. The van der Waals surface area contributed by atoms with Gasteiger partial charge in [-0.2, -0.15) is 0 Å². The van der Waals surface area contributed by atoms with Crippen molar-refractivity contribution >= 4 is 11.6 Å². The Labute approximate surface area is 155 Å². The van der Waals surface area contributed by atoms with E-state index in [9.17, 15) is 4.79 Å². The molecule has 1 aliphatic rings. The minimum atomic E-state index is -0.220. The van der Waals surface area contributed by atoms with E-state index in [1.807, 2.05) is 30.3 Å². The fourth-order valence-corrected chi connectivity index (χ4v) is 2.68. The Hall–Kier alpha value is -2.13. The van der Waals surface area contributed by atoms with Crippen LogP contribution in [0, 0.1) is 11.8 Å². The molecule has 1 aromatic rings. The number of benzene rings is 1.